The molecule has 4 unspecified atom stereocenters. The normalized spacial score (nSPS) is 22.2. The first kappa shape index (κ1) is 53.9. The van der Waals surface area contributed by atoms with Crippen molar-refractivity contribution in [1.29, 1.82) is 5.41 Å². The zero-order chi connectivity index (χ0) is 52.8. The molecule has 0 aromatic heterocycles. The molecule has 1 fully saturated rings. The first-order valence-corrected chi connectivity index (χ1v) is 23.1. The number of phenols is 3. The number of hydrogen-bond donors (Lipinski definition) is 11. The fourth-order valence-corrected chi connectivity index (χ4v) is 8.86. The minimum atomic E-state index is -2.13. The monoisotopic (exact) mass is 1000 g/mol. The minimum absolute atomic E-state index is 0.0304. The third-order valence-electron chi connectivity index (χ3n) is 12.7. The van der Waals surface area contributed by atoms with Gasteiger partial charge in [-0.3, -0.25) is 33.6 Å². The van der Waals surface area contributed by atoms with E-state index >= 15 is 0 Å². The summed E-state index contributed by atoms with van der Waals surface area (Å²) >= 11 is 0. The Balaban J connectivity index is 1.23. The van der Waals surface area contributed by atoms with Crippen LogP contribution in [-0.4, -0.2) is 141 Å². The second-order valence-corrected chi connectivity index (χ2v) is 18.1. The van der Waals surface area contributed by atoms with E-state index in [4.69, 9.17) is 30.2 Å². The van der Waals surface area contributed by atoms with Crippen LogP contribution >= 0.6 is 0 Å². The number of carbonyl (C=O) groups excluding carboxylic acids is 7. The van der Waals surface area contributed by atoms with E-state index in [-0.39, 0.29) is 58.7 Å². The number of hydrogen-bond acceptors (Lipinski definition) is 18. The van der Waals surface area contributed by atoms with Crippen molar-refractivity contribution in [1.82, 2.24) is 21.3 Å². The number of benzene rings is 3. The van der Waals surface area contributed by atoms with Crippen molar-refractivity contribution in [2.45, 2.75) is 121 Å². The molecule has 0 bridgehead atoms. The van der Waals surface area contributed by atoms with Gasteiger partial charge in [-0.2, -0.15) is 0 Å². The summed E-state index contributed by atoms with van der Waals surface area (Å²) in [7, 11) is 1.30. The van der Waals surface area contributed by atoms with Crippen molar-refractivity contribution >= 4 is 52.5 Å². The van der Waals surface area contributed by atoms with Gasteiger partial charge in [-0.15, -0.1) is 0 Å². The number of nitrogens with zero attached hydrogens (tertiary/aromatic N) is 1. The average molecular weight is 1000 g/mol. The van der Waals surface area contributed by atoms with Gasteiger partial charge in [0, 0.05) is 54.5 Å². The van der Waals surface area contributed by atoms with E-state index in [1.807, 2.05) is 0 Å². The van der Waals surface area contributed by atoms with Crippen LogP contribution in [0.5, 0.6) is 23.0 Å². The van der Waals surface area contributed by atoms with Gasteiger partial charge in [0.1, 0.15) is 46.8 Å². The predicted octanol–water partition coefficient (Wildman–Crippen LogP) is 0.739. The maximum absolute atomic E-state index is 14.2. The zero-order valence-electron chi connectivity index (χ0n) is 40.2. The third-order valence-corrected chi connectivity index (χ3v) is 12.7. The Morgan fingerprint density at radius 1 is 0.944 bits per heavy atom. The fourth-order valence-electron chi connectivity index (χ4n) is 8.86. The van der Waals surface area contributed by atoms with Crippen molar-refractivity contribution in [3.63, 3.8) is 0 Å². The number of phenolic OH excluding ortho intramolecular Hbond substituents is 3. The molecule has 23 nitrogen and oxygen atoms in total. The van der Waals surface area contributed by atoms with Crippen molar-refractivity contribution in [3.8, 4) is 23.0 Å². The molecule has 1 heterocycles. The molecule has 12 N–H and O–H groups in total. The van der Waals surface area contributed by atoms with Gasteiger partial charge in [-0.1, -0.05) is 29.4 Å². The molecular weight excluding hydrogens is 943 g/mol. The van der Waals surface area contributed by atoms with E-state index in [9.17, 15) is 59.1 Å². The highest BCUT2D eigenvalue weighted by atomic mass is 16.7. The summed E-state index contributed by atoms with van der Waals surface area (Å²) in [5.74, 6) is -6.76. The molecule has 5 amide bonds. The lowest BCUT2D eigenvalue weighted by Crippen LogP contribution is -2.55. The Hall–Kier alpha value is -7.47. The topological polar surface area (TPSA) is 368 Å². The highest BCUT2D eigenvalue weighted by Gasteiger charge is 2.49. The number of fused-ring (bicyclic) bond motifs is 3. The van der Waals surface area contributed by atoms with Gasteiger partial charge in [0.05, 0.1) is 54.3 Å². The second kappa shape index (κ2) is 22.7. The first-order chi connectivity index (χ1) is 34.0. The van der Waals surface area contributed by atoms with Gasteiger partial charge < -0.3 is 77.0 Å². The average Bonchev–Trinajstić information content (AvgIpc) is 3.32. The number of amides is 5. The van der Waals surface area contributed by atoms with Crippen LogP contribution in [-0.2, 0) is 51.1 Å². The number of oxime groups is 1. The molecule has 2 aliphatic carbocycles. The van der Waals surface area contributed by atoms with E-state index in [0.717, 1.165) is 0 Å². The van der Waals surface area contributed by atoms with E-state index in [1.54, 1.807) is 13.8 Å². The third kappa shape index (κ3) is 12.2. The first-order valence-electron chi connectivity index (χ1n) is 23.1. The van der Waals surface area contributed by atoms with E-state index in [0.29, 0.717) is 24.1 Å². The summed E-state index contributed by atoms with van der Waals surface area (Å²) in [6, 6.07) is 6.72. The van der Waals surface area contributed by atoms with Gasteiger partial charge in [-0.25, -0.2) is 0 Å². The smallest absolute Gasteiger partial charge is 0.261 e. The van der Waals surface area contributed by atoms with Gasteiger partial charge in [0.15, 0.2) is 18.7 Å². The largest absolute Gasteiger partial charge is 0.508 e. The molecule has 0 spiro atoms. The summed E-state index contributed by atoms with van der Waals surface area (Å²) in [4.78, 5) is 97.1. The lowest BCUT2D eigenvalue weighted by molar-refractivity contribution is -0.248. The summed E-state index contributed by atoms with van der Waals surface area (Å²) in [6.07, 6.45) is -5.17. The predicted molar refractivity (Wildman–Crippen MR) is 253 cm³/mol. The van der Waals surface area contributed by atoms with Crippen LogP contribution in [0, 0.1) is 5.41 Å². The molecule has 3 aromatic rings. The maximum Gasteiger partial charge on any atom is 0.261 e. The van der Waals surface area contributed by atoms with Crippen molar-refractivity contribution in [3.05, 3.63) is 81.4 Å². The lowest BCUT2D eigenvalue weighted by atomic mass is 9.72. The molecule has 0 radical (unpaired) electrons. The van der Waals surface area contributed by atoms with Crippen molar-refractivity contribution in [2.75, 3.05) is 20.3 Å². The SMILES string of the molecule is COc1cccc2c1C(=O)c1c(O)c3c(c(O)c1C2=O)C[C@@](O)(C(C)=NOCC(=O)N[C@@H](C)C(=O)N[C@@H](Cc1ccc(O)cc1)C(=O)NCC(N)=O)C[C@@H]3OC1CC(NC(=O)CCCC(C)=N)C(O)C(C)O1. The highest BCUT2D eigenvalue weighted by Crippen LogP contribution is 2.52. The molecule has 23 heteroatoms. The Morgan fingerprint density at radius 2 is 1.64 bits per heavy atom. The number of aromatic hydroxyl groups is 3. The standard InChI is InChI=1S/C49H59N7O16/c1-22(50)8-6-11-35(59)54-30-17-37(71-24(3)42(30)61)72-33-19-49(68,18-29-39(33)46(65)41-40(44(29)63)43(62)28-9-7-10-32(69-5)38(28)45(41)64)25(4)56-70-21-36(60)53-23(2)47(66)55-31(48(67)52-20-34(51)58)16-26-12-14-27(57)15-13-26/h7,9-10,12-15,23-24,30-31,33,37,42,50,57,61,63,65,68H,6,8,11,16-21H2,1-5H3,(H2,51,58)(H,52,67)(H,53,60)(H,54,59)(H,55,66)/t23-,24?,30?,31-,33-,37?,42?,49-/m0/s1. The summed E-state index contributed by atoms with van der Waals surface area (Å²) in [6.45, 7) is 4.51. The zero-order valence-corrected chi connectivity index (χ0v) is 40.2. The van der Waals surface area contributed by atoms with Crippen molar-refractivity contribution in [2.24, 2.45) is 10.9 Å². The summed E-state index contributed by atoms with van der Waals surface area (Å²) in [5.41, 5.74) is 2.08. The number of primary amides is 1. The van der Waals surface area contributed by atoms with Gasteiger partial charge >= 0.3 is 0 Å². The van der Waals surface area contributed by atoms with E-state index in [2.05, 4.69) is 26.4 Å². The number of nitrogens with one attached hydrogen (secondary N) is 5. The second-order valence-electron chi connectivity index (χ2n) is 18.1. The molecule has 386 valence electrons. The Bertz CT molecular complexity index is 2670. The lowest BCUT2D eigenvalue weighted by Gasteiger charge is -2.43. The van der Waals surface area contributed by atoms with Gasteiger partial charge in [0.25, 0.3) is 5.91 Å². The van der Waals surface area contributed by atoms with Crippen molar-refractivity contribution < 1.29 is 78.1 Å². The molecule has 1 aliphatic heterocycles. The summed E-state index contributed by atoms with van der Waals surface area (Å²) < 4.78 is 17.8. The Kier molecular flexibility index (Phi) is 17.0. The number of aliphatic hydroxyl groups excluding tert-OH is 1. The molecule has 3 aromatic carbocycles. The number of rotatable bonds is 20. The van der Waals surface area contributed by atoms with Crippen LogP contribution in [0.25, 0.3) is 0 Å². The number of aliphatic hydroxyl groups is 2. The van der Waals surface area contributed by atoms with Crippen LogP contribution in [0.1, 0.15) is 114 Å². The van der Waals surface area contributed by atoms with Crippen LogP contribution < -0.4 is 31.7 Å². The number of ether oxygens (including phenoxy) is 3. The molecular formula is C49H59N7O16. The van der Waals surface area contributed by atoms with Gasteiger partial charge in [0.2, 0.25) is 29.4 Å². The minimum Gasteiger partial charge on any atom is -0.508 e. The Labute approximate surface area is 412 Å². The molecule has 6 rings (SSSR count). The maximum atomic E-state index is 14.2. The quantitative estimate of drug-likeness (QED) is 0.0330. The van der Waals surface area contributed by atoms with E-state index < -0.39 is 138 Å². The summed E-state index contributed by atoms with van der Waals surface area (Å²) in [5, 5.41) is 78.8. The number of carbonyl (C=O) groups is 7. The fraction of sp³-hybridized carbons (Fsp3) is 0.449. The van der Waals surface area contributed by atoms with Crippen LogP contribution in [0.4, 0.5) is 0 Å². The highest BCUT2D eigenvalue weighted by molar-refractivity contribution is 6.31. The molecule has 72 heavy (non-hydrogen) atoms. The number of ketones is 2. The molecule has 8 atom stereocenters. The number of nitrogens with two attached hydrogens (primary N) is 1. The van der Waals surface area contributed by atoms with Gasteiger partial charge in [-0.05, 0) is 64.3 Å². The number of methoxy groups -OCH3 is 1. The van der Waals surface area contributed by atoms with Crippen LogP contribution in [0.2, 0.25) is 0 Å². The van der Waals surface area contributed by atoms with Crippen LogP contribution in [0.15, 0.2) is 47.6 Å². The molecule has 0 saturated carbocycles. The molecule has 1 saturated heterocycles. The van der Waals surface area contributed by atoms with Crippen LogP contribution in [0.3, 0.4) is 0 Å². The van der Waals surface area contributed by atoms with E-state index in [1.165, 1.54) is 63.4 Å². The Morgan fingerprint density at radius 3 is 2.31 bits per heavy atom. The molecule has 3 aliphatic rings.